The number of fused-ring (bicyclic) bond motifs is 2. The Morgan fingerprint density at radius 3 is 0.805 bits per heavy atom. The molecule has 438 valence electrons. The van der Waals surface area contributed by atoms with Gasteiger partial charge in [-0.1, -0.05) is 244 Å². The quantitative estimate of drug-likeness (QED) is 0.0807. The summed E-state index contributed by atoms with van der Waals surface area (Å²) in [6.45, 7) is 52.9. The summed E-state index contributed by atoms with van der Waals surface area (Å²) in [5.74, 6) is 1.05. The lowest BCUT2D eigenvalue weighted by Crippen LogP contribution is -2.23. The van der Waals surface area contributed by atoms with Crippen molar-refractivity contribution in [2.45, 2.75) is 266 Å². The smallest absolute Gasteiger partial charge is 0.0620 e. The van der Waals surface area contributed by atoms with Crippen LogP contribution in [0.3, 0.4) is 0 Å². The molecule has 0 aliphatic heterocycles. The lowest BCUT2D eigenvalue weighted by molar-refractivity contribution is 0.444. The Hall–Kier alpha value is -5.12. The van der Waals surface area contributed by atoms with E-state index in [9.17, 15) is 0 Å². The van der Waals surface area contributed by atoms with E-state index in [2.05, 4.69) is 271 Å². The van der Waals surface area contributed by atoms with Crippen LogP contribution < -0.4 is 15.0 Å². The minimum absolute atomic E-state index is 0.0393. The van der Waals surface area contributed by atoms with Gasteiger partial charge >= 0.3 is 0 Å². The van der Waals surface area contributed by atoms with E-state index in [0.29, 0.717) is 11.8 Å². The molecule has 0 aromatic heterocycles. The molecule has 2 aliphatic carbocycles. The van der Waals surface area contributed by atoms with Crippen molar-refractivity contribution in [3.63, 3.8) is 0 Å². The first-order valence-corrected chi connectivity index (χ1v) is 34.4. The number of hydrogen-bond donors (Lipinski definition) is 0. The highest BCUT2D eigenvalue weighted by molar-refractivity contribution is 6.52. The average Bonchev–Trinajstić information content (AvgIpc) is 2.91. The Morgan fingerprint density at radius 1 is 0.293 bits per heavy atom. The first-order chi connectivity index (χ1) is 38.0. The van der Waals surface area contributed by atoms with Crippen LogP contribution in [0, 0.1) is 0 Å². The van der Waals surface area contributed by atoms with Crippen LogP contribution in [0.5, 0.6) is 0 Å². The van der Waals surface area contributed by atoms with Crippen molar-refractivity contribution in [1.29, 1.82) is 0 Å². The van der Waals surface area contributed by atoms with Crippen molar-refractivity contribution in [3.05, 3.63) is 159 Å². The summed E-state index contributed by atoms with van der Waals surface area (Å²) in [6, 6.07) is 46.4. The van der Waals surface area contributed by atoms with Crippen LogP contribution >= 0.6 is 0 Å². The van der Waals surface area contributed by atoms with Gasteiger partial charge in [-0.25, -0.2) is 0 Å². The zero-order valence-corrected chi connectivity index (χ0v) is 57.1. The van der Waals surface area contributed by atoms with E-state index in [1.165, 1.54) is 175 Å². The second kappa shape index (κ2) is 22.4. The van der Waals surface area contributed by atoms with Gasteiger partial charge in [0.25, 0.3) is 0 Å². The molecule has 0 bridgehead atoms. The second-order valence-corrected chi connectivity index (χ2v) is 34.5. The van der Waals surface area contributed by atoms with Gasteiger partial charge in [0.1, 0.15) is 0 Å². The fraction of sp³-hybridized carbons (Fsp3) is 0.519. The summed E-state index contributed by atoms with van der Waals surface area (Å²) in [7, 11) is -0.546. The molecule has 0 unspecified atom stereocenters. The minimum atomic E-state index is -0.546. The van der Waals surface area contributed by atoms with Crippen molar-refractivity contribution in [2.75, 3.05) is 9.80 Å². The van der Waals surface area contributed by atoms with Crippen molar-refractivity contribution < 1.29 is 0 Å². The molecule has 2 saturated carbocycles. The van der Waals surface area contributed by atoms with Crippen molar-refractivity contribution in [1.82, 2.24) is 0 Å². The van der Waals surface area contributed by atoms with Crippen LogP contribution in [0.2, 0.25) is 6.55 Å². The van der Waals surface area contributed by atoms with E-state index >= 15 is 0 Å². The predicted molar refractivity (Wildman–Crippen MR) is 367 cm³/mol. The molecule has 82 heavy (non-hydrogen) atoms. The standard InChI is InChI=1S/C79H108N2Si/c1-73(2,3)55-39-56(74(4,5)6)43-62(42-55)80(63-44-57(75(7,8)9)40-58(45-63)76(10,11)12)71-67-35-33-54(52-31-27-24-28-32-52)38-70(67)72(68-36-34-53(37-69(68)71)51-29-25-23-26-30-51)81(65-48-61(79(19,20)21)49-66(50-65)82-22)64-46-59(77(13,14)15)41-60(47-64)78(16,17)18/h33-52H,23-32,82H2,1-22H3. The number of nitrogens with zero attached hydrogens (tertiary/aromatic N) is 2. The van der Waals surface area contributed by atoms with Gasteiger partial charge in [0.15, 0.2) is 0 Å². The van der Waals surface area contributed by atoms with Crippen LogP contribution in [0.15, 0.2) is 109 Å². The SMILES string of the molecule is C[SiH2]c1cc(N(c2cc(C(C)(C)C)cc(C(C)(C)C)c2)c2c3ccc(C4CCCCC4)cc3c(N(c3cc(C(C)(C)C)cc(C(C)(C)C)c3)c3cc(C(C)(C)C)cc(C(C)(C)C)c3)c3ccc(C4CCCCC4)cc23)cc(C(C)(C)C)c1. The van der Waals surface area contributed by atoms with Crippen molar-refractivity contribution in [3.8, 4) is 0 Å². The summed E-state index contributed by atoms with van der Waals surface area (Å²) in [6.07, 6.45) is 12.8. The molecular weight excluding hydrogens is 1000 g/mol. The third kappa shape index (κ3) is 13.1. The van der Waals surface area contributed by atoms with E-state index in [-0.39, 0.29) is 37.9 Å². The molecule has 0 saturated heterocycles. The van der Waals surface area contributed by atoms with Gasteiger partial charge in [0.05, 0.1) is 20.9 Å². The molecule has 3 heteroatoms. The Labute approximate surface area is 502 Å². The average molecular weight is 1110 g/mol. The van der Waals surface area contributed by atoms with E-state index in [1.54, 1.807) is 0 Å². The molecule has 7 aromatic carbocycles. The maximum absolute atomic E-state index is 2.78. The van der Waals surface area contributed by atoms with Gasteiger partial charge in [-0.15, -0.1) is 0 Å². The van der Waals surface area contributed by atoms with Crippen LogP contribution in [-0.4, -0.2) is 9.52 Å². The van der Waals surface area contributed by atoms with Crippen LogP contribution in [0.1, 0.15) is 272 Å². The highest BCUT2D eigenvalue weighted by Gasteiger charge is 2.34. The number of benzene rings is 7. The Bertz CT molecular complexity index is 3280. The second-order valence-electron chi connectivity index (χ2n) is 32.9. The van der Waals surface area contributed by atoms with E-state index < -0.39 is 9.52 Å². The van der Waals surface area contributed by atoms with E-state index in [1.807, 2.05) is 0 Å². The molecule has 0 spiro atoms. The molecule has 0 N–H and O–H groups in total. The van der Waals surface area contributed by atoms with Crippen LogP contribution in [0.25, 0.3) is 21.5 Å². The zero-order valence-electron chi connectivity index (χ0n) is 55.7. The molecule has 0 amide bonds. The number of rotatable bonds is 9. The molecule has 2 aliphatic rings. The number of anilines is 6. The molecule has 2 nitrogen and oxygen atoms in total. The van der Waals surface area contributed by atoms with Gasteiger partial charge in [-0.2, -0.15) is 0 Å². The van der Waals surface area contributed by atoms with E-state index in [4.69, 9.17) is 0 Å². The Kier molecular flexibility index (Phi) is 16.8. The Balaban J connectivity index is 1.58. The largest absolute Gasteiger partial charge is 0.309 e. The topological polar surface area (TPSA) is 6.48 Å². The summed E-state index contributed by atoms with van der Waals surface area (Å²) in [5.41, 5.74) is 19.6. The summed E-state index contributed by atoms with van der Waals surface area (Å²) < 4.78 is 0. The van der Waals surface area contributed by atoms with Gasteiger partial charge < -0.3 is 9.80 Å². The fourth-order valence-corrected chi connectivity index (χ4v) is 14.0. The van der Waals surface area contributed by atoms with Gasteiger partial charge in [-0.3, -0.25) is 0 Å². The van der Waals surface area contributed by atoms with E-state index in [0.717, 1.165) is 0 Å². The molecule has 0 heterocycles. The number of hydrogen-bond acceptors (Lipinski definition) is 2. The zero-order chi connectivity index (χ0) is 59.9. The molecule has 9 rings (SSSR count). The lowest BCUT2D eigenvalue weighted by Gasteiger charge is -2.37. The fourth-order valence-electron chi connectivity index (χ4n) is 13.2. The first-order valence-electron chi connectivity index (χ1n) is 32.3. The minimum Gasteiger partial charge on any atom is -0.309 e. The summed E-state index contributed by atoms with van der Waals surface area (Å²) >= 11 is 0. The molecule has 0 radical (unpaired) electrons. The highest BCUT2D eigenvalue weighted by atomic mass is 28.2. The summed E-state index contributed by atoms with van der Waals surface area (Å²) in [4.78, 5) is 5.56. The highest BCUT2D eigenvalue weighted by Crippen LogP contribution is 2.55. The molecular formula is C79H108N2Si. The van der Waals surface area contributed by atoms with Gasteiger partial charge in [0.2, 0.25) is 0 Å². The Morgan fingerprint density at radius 2 is 0.549 bits per heavy atom. The third-order valence-corrected chi connectivity index (χ3v) is 20.2. The first kappa shape index (κ1) is 61.4. The molecule has 7 aromatic rings. The normalized spacial score (nSPS) is 16.0. The maximum Gasteiger partial charge on any atom is 0.0620 e. The predicted octanol–water partition coefficient (Wildman–Crippen LogP) is 23.0. The molecule has 0 atom stereocenters. The third-order valence-electron chi connectivity index (χ3n) is 18.9. The van der Waals surface area contributed by atoms with Crippen molar-refractivity contribution in [2.24, 2.45) is 0 Å². The lowest BCUT2D eigenvalue weighted by atomic mass is 9.79. The van der Waals surface area contributed by atoms with Gasteiger partial charge in [-0.05, 0) is 186 Å². The summed E-state index contributed by atoms with van der Waals surface area (Å²) in [5, 5.41) is 6.80. The van der Waals surface area contributed by atoms with Crippen LogP contribution in [-0.2, 0) is 37.9 Å². The monoisotopic (exact) mass is 1110 g/mol. The van der Waals surface area contributed by atoms with Crippen LogP contribution in [0.4, 0.5) is 34.1 Å². The maximum atomic E-state index is 2.78. The van der Waals surface area contributed by atoms with Gasteiger partial charge in [0, 0.05) is 44.3 Å². The van der Waals surface area contributed by atoms with Crippen molar-refractivity contribution >= 4 is 70.4 Å². The molecule has 2 fully saturated rings.